The number of carbonyl (C=O) groups excluding carboxylic acids is 1. The average Bonchev–Trinajstić information content (AvgIpc) is 2.03. The molecule has 11 heavy (non-hydrogen) atoms. The Kier molecular flexibility index (Phi) is 3.86. The molecule has 2 nitrogen and oxygen atoms in total. The Morgan fingerprint density at radius 3 is 2.55 bits per heavy atom. The molecule has 0 amide bonds. The molecule has 0 aliphatic heterocycles. The second-order valence-corrected chi connectivity index (χ2v) is 2.90. The van der Waals surface area contributed by atoms with Crippen LogP contribution in [0.3, 0.4) is 0 Å². The van der Waals surface area contributed by atoms with Gasteiger partial charge in [0.05, 0.1) is 12.5 Å². The zero-order valence-corrected chi connectivity index (χ0v) is 7.52. The normalized spacial score (nSPS) is 15.2. The van der Waals surface area contributed by atoms with E-state index < -0.39 is 0 Å². The number of methoxy groups -OCH3 is 1. The maximum atomic E-state index is 11.2. The van der Waals surface area contributed by atoms with Gasteiger partial charge in [-0.3, -0.25) is 4.79 Å². The summed E-state index contributed by atoms with van der Waals surface area (Å²) in [6.45, 7) is 7.46. The summed E-state index contributed by atoms with van der Waals surface area (Å²) in [6.07, 6.45) is 3.21. The van der Waals surface area contributed by atoms with E-state index in [-0.39, 0.29) is 11.4 Å². The zero-order chi connectivity index (χ0) is 8.91. The van der Waals surface area contributed by atoms with Gasteiger partial charge < -0.3 is 4.74 Å². The Labute approximate surface area is 68.2 Å². The minimum absolute atomic E-state index is 0.153. The Morgan fingerprint density at radius 2 is 2.27 bits per heavy atom. The molecule has 0 radical (unpaired) electrons. The Balaban J connectivity index is 4.31. The molecule has 0 aromatic heterocycles. The predicted octanol–water partition coefficient (Wildman–Crippen LogP) is 2.15. The van der Waals surface area contributed by atoms with E-state index in [9.17, 15) is 4.79 Å². The van der Waals surface area contributed by atoms with Crippen LogP contribution in [0.4, 0.5) is 0 Å². The van der Waals surface area contributed by atoms with Crippen molar-refractivity contribution in [1.82, 2.24) is 0 Å². The van der Waals surface area contributed by atoms with Crippen LogP contribution in [0.25, 0.3) is 0 Å². The molecule has 0 aliphatic rings. The van der Waals surface area contributed by atoms with E-state index in [0.717, 1.165) is 6.42 Å². The number of allylic oxidation sites excluding steroid dienone is 1. The molecule has 2 heteroatoms. The van der Waals surface area contributed by atoms with Crippen molar-refractivity contribution in [3.8, 4) is 0 Å². The molecule has 1 unspecified atom stereocenters. The monoisotopic (exact) mass is 156 g/mol. The minimum Gasteiger partial charge on any atom is -0.469 e. The maximum Gasteiger partial charge on any atom is 0.311 e. The van der Waals surface area contributed by atoms with Gasteiger partial charge in [0.2, 0.25) is 0 Å². The van der Waals surface area contributed by atoms with Crippen molar-refractivity contribution in [3.63, 3.8) is 0 Å². The molecule has 0 aliphatic carbocycles. The van der Waals surface area contributed by atoms with Crippen LogP contribution in [-0.2, 0) is 9.53 Å². The molecule has 0 N–H and O–H groups in total. The van der Waals surface area contributed by atoms with Gasteiger partial charge in [-0.15, -0.1) is 6.58 Å². The largest absolute Gasteiger partial charge is 0.469 e. The lowest BCUT2D eigenvalue weighted by atomic mass is 9.84. The highest BCUT2D eigenvalue weighted by molar-refractivity contribution is 5.76. The molecular weight excluding hydrogens is 140 g/mol. The zero-order valence-electron chi connectivity index (χ0n) is 7.52. The van der Waals surface area contributed by atoms with Gasteiger partial charge in [-0.25, -0.2) is 0 Å². The van der Waals surface area contributed by atoms with Crippen LogP contribution in [0.5, 0.6) is 0 Å². The van der Waals surface area contributed by atoms with Crippen molar-refractivity contribution in [1.29, 1.82) is 0 Å². The third-order valence-corrected chi connectivity index (χ3v) is 2.05. The van der Waals surface area contributed by atoms with Gasteiger partial charge in [-0.05, 0) is 19.8 Å². The number of hydrogen-bond donors (Lipinski definition) is 0. The summed E-state index contributed by atoms with van der Waals surface area (Å²) in [6, 6.07) is 0. The van der Waals surface area contributed by atoms with Gasteiger partial charge in [0, 0.05) is 0 Å². The third kappa shape index (κ3) is 2.37. The molecule has 0 rings (SSSR count). The highest BCUT2D eigenvalue weighted by Crippen LogP contribution is 2.27. The van der Waals surface area contributed by atoms with Crippen molar-refractivity contribution in [2.75, 3.05) is 7.11 Å². The van der Waals surface area contributed by atoms with Crippen LogP contribution in [0.15, 0.2) is 12.7 Å². The smallest absolute Gasteiger partial charge is 0.311 e. The summed E-state index contributed by atoms with van der Waals surface area (Å²) in [5.74, 6) is -0.153. The highest BCUT2D eigenvalue weighted by Gasteiger charge is 2.30. The van der Waals surface area contributed by atoms with Crippen molar-refractivity contribution >= 4 is 5.97 Å². The molecular formula is C9H16O2. The van der Waals surface area contributed by atoms with E-state index in [1.807, 2.05) is 13.8 Å². The van der Waals surface area contributed by atoms with Crippen molar-refractivity contribution in [3.05, 3.63) is 12.7 Å². The van der Waals surface area contributed by atoms with Crippen LogP contribution in [0.1, 0.15) is 26.7 Å². The first-order valence-corrected chi connectivity index (χ1v) is 3.80. The van der Waals surface area contributed by atoms with Crippen molar-refractivity contribution < 1.29 is 9.53 Å². The van der Waals surface area contributed by atoms with Crippen LogP contribution < -0.4 is 0 Å². The van der Waals surface area contributed by atoms with Gasteiger partial charge in [0.1, 0.15) is 0 Å². The molecule has 0 saturated heterocycles. The summed E-state index contributed by atoms with van der Waals surface area (Å²) in [7, 11) is 1.42. The Morgan fingerprint density at radius 1 is 1.73 bits per heavy atom. The van der Waals surface area contributed by atoms with E-state index in [4.69, 9.17) is 0 Å². The van der Waals surface area contributed by atoms with Gasteiger partial charge in [0.25, 0.3) is 0 Å². The topological polar surface area (TPSA) is 26.3 Å². The summed E-state index contributed by atoms with van der Waals surface area (Å²) in [4.78, 5) is 11.2. The van der Waals surface area contributed by atoms with Gasteiger partial charge in [-0.1, -0.05) is 13.0 Å². The van der Waals surface area contributed by atoms with Crippen LogP contribution in [0.2, 0.25) is 0 Å². The lowest BCUT2D eigenvalue weighted by Gasteiger charge is -2.22. The molecule has 0 aromatic rings. The fourth-order valence-corrected chi connectivity index (χ4v) is 0.937. The summed E-state index contributed by atoms with van der Waals surface area (Å²) in [5, 5.41) is 0. The number of hydrogen-bond acceptors (Lipinski definition) is 2. The third-order valence-electron chi connectivity index (χ3n) is 2.05. The van der Waals surface area contributed by atoms with E-state index in [2.05, 4.69) is 11.3 Å². The first kappa shape index (κ1) is 10.2. The molecule has 0 bridgehead atoms. The second-order valence-electron chi connectivity index (χ2n) is 2.90. The molecule has 0 spiro atoms. The maximum absolute atomic E-state index is 11.2. The first-order chi connectivity index (χ1) is 5.10. The van der Waals surface area contributed by atoms with Crippen LogP contribution in [0, 0.1) is 5.41 Å². The first-order valence-electron chi connectivity index (χ1n) is 3.80. The fraction of sp³-hybridized carbons (Fsp3) is 0.667. The lowest BCUT2D eigenvalue weighted by molar-refractivity contribution is -0.151. The van der Waals surface area contributed by atoms with Gasteiger partial charge in [0.15, 0.2) is 0 Å². The van der Waals surface area contributed by atoms with Crippen molar-refractivity contribution in [2.24, 2.45) is 5.41 Å². The number of esters is 1. The molecule has 0 saturated carbocycles. The van der Waals surface area contributed by atoms with Crippen LogP contribution >= 0.6 is 0 Å². The number of ether oxygens (including phenoxy) is 1. The summed E-state index contributed by atoms with van der Waals surface area (Å²) < 4.78 is 4.67. The van der Waals surface area contributed by atoms with Crippen LogP contribution in [-0.4, -0.2) is 13.1 Å². The number of rotatable bonds is 4. The molecule has 0 heterocycles. The average molecular weight is 156 g/mol. The summed E-state index contributed by atoms with van der Waals surface area (Å²) in [5.41, 5.74) is -0.378. The van der Waals surface area contributed by atoms with Crippen molar-refractivity contribution in [2.45, 2.75) is 26.7 Å². The molecule has 0 aromatic carbocycles. The van der Waals surface area contributed by atoms with E-state index in [1.54, 1.807) is 6.08 Å². The minimum atomic E-state index is -0.378. The Bertz CT molecular complexity index is 152. The molecule has 0 fully saturated rings. The predicted molar refractivity (Wildman–Crippen MR) is 45.2 cm³/mol. The quantitative estimate of drug-likeness (QED) is 0.460. The van der Waals surface area contributed by atoms with Gasteiger partial charge in [-0.2, -0.15) is 0 Å². The van der Waals surface area contributed by atoms with E-state index >= 15 is 0 Å². The molecule has 1 atom stereocenters. The standard InChI is InChI=1S/C9H16O2/c1-5-7-9(3,6-2)8(10)11-4/h5H,1,6-7H2,2-4H3. The molecule has 64 valence electrons. The Hall–Kier alpha value is -0.790. The summed E-state index contributed by atoms with van der Waals surface area (Å²) >= 11 is 0. The lowest BCUT2D eigenvalue weighted by Crippen LogP contribution is -2.27. The SMILES string of the molecule is C=CCC(C)(CC)C(=O)OC. The van der Waals surface area contributed by atoms with E-state index in [0.29, 0.717) is 6.42 Å². The number of carbonyl (C=O) groups is 1. The van der Waals surface area contributed by atoms with Gasteiger partial charge >= 0.3 is 5.97 Å². The highest BCUT2D eigenvalue weighted by atomic mass is 16.5. The van der Waals surface area contributed by atoms with E-state index in [1.165, 1.54) is 7.11 Å². The fourth-order valence-electron chi connectivity index (χ4n) is 0.937. The second kappa shape index (κ2) is 4.16.